The van der Waals surface area contributed by atoms with E-state index in [1.165, 1.54) is 0 Å². The summed E-state index contributed by atoms with van der Waals surface area (Å²) in [5, 5.41) is 11.2. The molecule has 1 saturated carbocycles. The summed E-state index contributed by atoms with van der Waals surface area (Å²) in [7, 11) is 3.25. The topological polar surface area (TPSA) is 55.8 Å². The largest absolute Gasteiger partial charge is 0.497 e. The third kappa shape index (κ3) is 2.78. The van der Waals surface area contributed by atoms with Crippen LogP contribution in [0.15, 0.2) is 48.5 Å². The maximum absolute atomic E-state index is 13.1. The highest BCUT2D eigenvalue weighted by molar-refractivity contribution is 5.97. The predicted molar refractivity (Wildman–Crippen MR) is 101 cm³/mol. The number of benzene rings is 2. The Morgan fingerprint density at radius 2 is 1.15 bits per heavy atom. The molecule has 0 heterocycles. The molecule has 1 aliphatic rings. The third-order valence-electron chi connectivity index (χ3n) is 5.71. The van der Waals surface area contributed by atoms with Crippen LogP contribution in [-0.4, -0.2) is 30.7 Å². The molecule has 1 aliphatic carbocycles. The minimum atomic E-state index is -1.44. The summed E-state index contributed by atoms with van der Waals surface area (Å²) in [4.78, 5) is 13.1. The highest BCUT2D eigenvalue weighted by atomic mass is 16.5. The third-order valence-corrected chi connectivity index (χ3v) is 5.71. The minimum absolute atomic E-state index is 0.133. The monoisotopic (exact) mass is 354 g/mol. The first kappa shape index (κ1) is 18.5. The fraction of sp³-hybridized carbons (Fsp3) is 0.409. The van der Waals surface area contributed by atoms with Crippen LogP contribution in [0.25, 0.3) is 0 Å². The second-order valence-corrected chi connectivity index (χ2v) is 7.70. The molecule has 2 aromatic rings. The van der Waals surface area contributed by atoms with Gasteiger partial charge in [0.1, 0.15) is 17.1 Å². The molecule has 0 saturated heterocycles. The van der Waals surface area contributed by atoms with Crippen LogP contribution >= 0.6 is 0 Å². The van der Waals surface area contributed by atoms with E-state index in [2.05, 4.69) is 0 Å². The molecule has 0 aliphatic heterocycles. The minimum Gasteiger partial charge on any atom is -0.497 e. The second kappa shape index (κ2) is 6.44. The van der Waals surface area contributed by atoms with Gasteiger partial charge in [0, 0.05) is 17.3 Å². The Morgan fingerprint density at radius 1 is 0.769 bits per heavy atom. The zero-order valence-corrected chi connectivity index (χ0v) is 15.9. The van der Waals surface area contributed by atoms with Gasteiger partial charge in [-0.2, -0.15) is 0 Å². The molecule has 0 unspecified atom stereocenters. The van der Waals surface area contributed by atoms with Crippen molar-refractivity contribution < 1.29 is 19.4 Å². The summed E-state index contributed by atoms with van der Waals surface area (Å²) >= 11 is 0. The summed E-state index contributed by atoms with van der Waals surface area (Å²) in [6.07, 6.45) is 0. The van der Waals surface area contributed by atoms with Gasteiger partial charge >= 0.3 is 0 Å². The van der Waals surface area contributed by atoms with Crippen molar-refractivity contribution in [2.45, 2.75) is 38.2 Å². The normalized spacial score (nSPS) is 27.4. The number of hydrogen-bond donors (Lipinski definition) is 1. The first-order valence-corrected chi connectivity index (χ1v) is 8.78. The van der Waals surface area contributed by atoms with E-state index in [4.69, 9.17) is 9.47 Å². The molecule has 0 spiro atoms. The van der Waals surface area contributed by atoms with Crippen molar-refractivity contribution in [3.63, 3.8) is 0 Å². The number of carbonyl (C=O) groups excluding carboxylic acids is 1. The fourth-order valence-electron chi connectivity index (χ4n) is 4.42. The molecule has 0 amide bonds. The number of methoxy groups -OCH3 is 2. The van der Waals surface area contributed by atoms with E-state index in [-0.39, 0.29) is 17.6 Å². The number of carbonyl (C=O) groups is 1. The summed E-state index contributed by atoms with van der Waals surface area (Å²) in [5.41, 5.74) is -0.191. The van der Waals surface area contributed by atoms with Crippen LogP contribution in [0.5, 0.6) is 11.5 Å². The van der Waals surface area contributed by atoms with Gasteiger partial charge in [-0.3, -0.25) is 4.79 Å². The van der Waals surface area contributed by atoms with Crippen molar-refractivity contribution >= 4 is 5.78 Å². The highest BCUT2D eigenvalue weighted by Gasteiger charge is 2.61. The van der Waals surface area contributed by atoms with Crippen LogP contribution in [0, 0.1) is 5.41 Å². The van der Waals surface area contributed by atoms with E-state index in [0.29, 0.717) is 0 Å². The lowest BCUT2D eigenvalue weighted by Gasteiger charge is -2.31. The van der Waals surface area contributed by atoms with Gasteiger partial charge in [-0.25, -0.2) is 0 Å². The van der Waals surface area contributed by atoms with Crippen LogP contribution in [0.3, 0.4) is 0 Å². The molecule has 2 aromatic carbocycles. The number of hydrogen-bond acceptors (Lipinski definition) is 4. The number of Topliss-reactive ketones (excluding diaryl/α,β-unsaturated/α-hetero) is 1. The van der Waals surface area contributed by atoms with Crippen LogP contribution in [0.4, 0.5) is 0 Å². The van der Waals surface area contributed by atoms with Crippen molar-refractivity contribution in [1.82, 2.24) is 0 Å². The van der Waals surface area contributed by atoms with Crippen LogP contribution in [0.2, 0.25) is 0 Å². The molecular formula is C22H26O4. The summed E-state index contributed by atoms with van der Waals surface area (Å²) in [6.45, 7) is 5.47. The first-order valence-electron chi connectivity index (χ1n) is 8.78. The van der Waals surface area contributed by atoms with Gasteiger partial charge in [0.15, 0.2) is 5.78 Å². The molecule has 1 fully saturated rings. The van der Waals surface area contributed by atoms with Gasteiger partial charge in [-0.15, -0.1) is 0 Å². The van der Waals surface area contributed by atoms with E-state index >= 15 is 0 Å². The Kier molecular flexibility index (Phi) is 4.57. The van der Waals surface area contributed by atoms with Crippen molar-refractivity contribution in [3.8, 4) is 11.5 Å². The molecular weight excluding hydrogens is 328 g/mol. The van der Waals surface area contributed by atoms with Gasteiger partial charge in [0.2, 0.25) is 0 Å². The molecule has 138 valence electrons. The van der Waals surface area contributed by atoms with Crippen molar-refractivity contribution in [3.05, 3.63) is 59.7 Å². The van der Waals surface area contributed by atoms with Gasteiger partial charge in [0.25, 0.3) is 0 Å². The van der Waals surface area contributed by atoms with E-state index in [1.807, 2.05) is 62.4 Å². The maximum Gasteiger partial charge on any atom is 0.170 e. The summed E-state index contributed by atoms with van der Waals surface area (Å²) in [6, 6.07) is 15.4. The quantitative estimate of drug-likeness (QED) is 0.904. The molecule has 4 nitrogen and oxygen atoms in total. The van der Waals surface area contributed by atoms with Gasteiger partial charge in [0.05, 0.1) is 14.2 Å². The van der Waals surface area contributed by atoms with E-state index in [1.54, 1.807) is 21.1 Å². The number of ketones is 1. The van der Waals surface area contributed by atoms with E-state index in [9.17, 15) is 9.90 Å². The number of ether oxygens (including phenoxy) is 2. The molecule has 3 atom stereocenters. The zero-order chi connectivity index (χ0) is 19.1. The number of aliphatic hydroxyl groups is 1. The average Bonchev–Trinajstić information content (AvgIpc) is 2.78. The van der Waals surface area contributed by atoms with Crippen molar-refractivity contribution in [2.24, 2.45) is 5.41 Å². The Bertz CT molecular complexity index is 720. The lowest BCUT2D eigenvalue weighted by molar-refractivity contribution is -0.138. The average molecular weight is 354 g/mol. The summed E-state index contributed by atoms with van der Waals surface area (Å²) < 4.78 is 10.5. The summed E-state index contributed by atoms with van der Waals surface area (Å²) in [5.74, 6) is 0.891. The SMILES string of the molecule is COc1ccc([C@@H]2[C@@H](c3ccc(OC)cc3)[C@](C)(O)C(=O)C2(C)C)cc1. The molecule has 26 heavy (non-hydrogen) atoms. The Morgan fingerprint density at radius 3 is 1.54 bits per heavy atom. The molecule has 3 rings (SSSR count). The van der Waals surface area contributed by atoms with Crippen LogP contribution in [-0.2, 0) is 4.79 Å². The van der Waals surface area contributed by atoms with Gasteiger partial charge in [-0.1, -0.05) is 38.1 Å². The Labute approximate surface area is 154 Å². The van der Waals surface area contributed by atoms with Gasteiger partial charge in [-0.05, 0) is 42.3 Å². The Balaban J connectivity index is 2.13. The van der Waals surface area contributed by atoms with Crippen molar-refractivity contribution in [2.75, 3.05) is 14.2 Å². The maximum atomic E-state index is 13.1. The number of rotatable bonds is 4. The zero-order valence-electron chi connectivity index (χ0n) is 15.9. The lowest BCUT2D eigenvalue weighted by Crippen LogP contribution is -2.38. The molecule has 1 N–H and O–H groups in total. The molecule has 0 radical (unpaired) electrons. The van der Waals surface area contributed by atoms with Gasteiger partial charge < -0.3 is 14.6 Å². The smallest absolute Gasteiger partial charge is 0.170 e. The molecule has 0 bridgehead atoms. The lowest BCUT2D eigenvalue weighted by atomic mass is 9.72. The van der Waals surface area contributed by atoms with Crippen LogP contribution in [0.1, 0.15) is 43.7 Å². The second-order valence-electron chi connectivity index (χ2n) is 7.70. The van der Waals surface area contributed by atoms with Crippen molar-refractivity contribution in [1.29, 1.82) is 0 Å². The highest BCUT2D eigenvalue weighted by Crippen LogP contribution is 2.58. The van der Waals surface area contributed by atoms with E-state index < -0.39 is 11.0 Å². The predicted octanol–water partition coefficient (Wildman–Crippen LogP) is 3.93. The molecule has 4 heteroatoms. The molecule has 0 aromatic heterocycles. The fourth-order valence-corrected chi connectivity index (χ4v) is 4.42. The first-order chi connectivity index (χ1) is 12.2. The van der Waals surface area contributed by atoms with E-state index in [0.717, 1.165) is 22.6 Å². The van der Waals surface area contributed by atoms with Crippen LogP contribution < -0.4 is 9.47 Å². The standard InChI is InChI=1S/C22H26O4/c1-21(2)18(14-6-10-16(25-4)11-7-14)19(22(3,24)20(21)23)15-8-12-17(26-5)13-9-15/h6-13,18-19,24H,1-5H3/t18-,19-,22+/m1/s1. The Hall–Kier alpha value is -2.33.